The van der Waals surface area contributed by atoms with Gasteiger partial charge in [0, 0.05) is 11.1 Å². The molecule has 148 valence electrons. The molecule has 2 aromatic rings. The van der Waals surface area contributed by atoms with Crippen molar-refractivity contribution in [3.63, 3.8) is 0 Å². The lowest BCUT2D eigenvalue weighted by molar-refractivity contribution is -0.150. The summed E-state index contributed by atoms with van der Waals surface area (Å²) in [5, 5.41) is 3.03. The van der Waals surface area contributed by atoms with E-state index in [1.807, 2.05) is 6.07 Å². The standard InChI is InChI=1S/C18H16Cl2N2O5S/c1-10(18(24)22-17-13(20)6-11(19)8-21-17)27-16(23)9-28-12-2-3-14-15(7-12)26-5-4-25-14/h2-3,6-8,10H,4-5,9H2,1H3,(H,21,22,24). The fourth-order valence-corrected chi connectivity index (χ4v) is 3.40. The molecule has 2 heterocycles. The number of rotatable bonds is 6. The van der Waals surface area contributed by atoms with Crippen LogP contribution in [0.1, 0.15) is 6.92 Å². The third-order valence-electron chi connectivity index (χ3n) is 3.60. The minimum atomic E-state index is -1.01. The predicted molar refractivity (Wildman–Crippen MR) is 107 cm³/mol. The number of ether oxygens (including phenoxy) is 3. The number of hydrogen-bond donors (Lipinski definition) is 1. The van der Waals surface area contributed by atoms with Crippen molar-refractivity contribution >= 4 is 52.7 Å². The zero-order chi connectivity index (χ0) is 20.1. The average molecular weight is 443 g/mol. The second-order valence-corrected chi connectivity index (χ2v) is 7.59. The Morgan fingerprint density at radius 2 is 2.00 bits per heavy atom. The number of anilines is 1. The Balaban J connectivity index is 1.49. The monoisotopic (exact) mass is 442 g/mol. The van der Waals surface area contributed by atoms with Gasteiger partial charge >= 0.3 is 5.97 Å². The maximum Gasteiger partial charge on any atom is 0.317 e. The van der Waals surface area contributed by atoms with Crippen LogP contribution in [0.15, 0.2) is 35.4 Å². The number of carbonyl (C=O) groups is 2. The Labute approximate surface area is 175 Å². The molecule has 0 fully saturated rings. The summed E-state index contributed by atoms with van der Waals surface area (Å²) in [4.78, 5) is 29.0. The number of thioether (sulfide) groups is 1. The smallest absolute Gasteiger partial charge is 0.317 e. The van der Waals surface area contributed by atoms with E-state index in [2.05, 4.69) is 10.3 Å². The molecule has 0 spiro atoms. The molecule has 1 aromatic heterocycles. The van der Waals surface area contributed by atoms with Crippen molar-refractivity contribution in [1.29, 1.82) is 0 Å². The number of nitrogens with zero attached hydrogens (tertiary/aromatic N) is 1. The highest BCUT2D eigenvalue weighted by atomic mass is 35.5. The molecule has 0 saturated carbocycles. The summed E-state index contributed by atoms with van der Waals surface area (Å²) in [6, 6.07) is 6.88. The second-order valence-electron chi connectivity index (χ2n) is 5.70. The summed E-state index contributed by atoms with van der Waals surface area (Å²) in [6.45, 7) is 2.47. The van der Waals surface area contributed by atoms with Crippen LogP contribution in [0.4, 0.5) is 5.82 Å². The topological polar surface area (TPSA) is 86.8 Å². The van der Waals surface area contributed by atoms with Crippen molar-refractivity contribution in [3.05, 3.63) is 40.5 Å². The number of benzene rings is 1. The van der Waals surface area contributed by atoms with Gasteiger partial charge in [-0.2, -0.15) is 0 Å². The molecule has 0 saturated heterocycles. The van der Waals surface area contributed by atoms with E-state index in [0.29, 0.717) is 29.7 Å². The van der Waals surface area contributed by atoms with Crippen LogP contribution in [0.3, 0.4) is 0 Å². The first-order chi connectivity index (χ1) is 13.4. The van der Waals surface area contributed by atoms with Crippen LogP contribution in [-0.2, 0) is 14.3 Å². The molecule has 3 rings (SSSR count). The van der Waals surface area contributed by atoms with Gasteiger partial charge in [0.2, 0.25) is 0 Å². The van der Waals surface area contributed by atoms with E-state index in [9.17, 15) is 9.59 Å². The van der Waals surface area contributed by atoms with Crippen molar-refractivity contribution in [2.75, 3.05) is 24.3 Å². The van der Waals surface area contributed by atoms with Gasteiger partial charge < -0.3 is 19.5 Å². The SMILES string of the molecule is CC(OC(=O)CSc1ccc2c(c1)OCCO2)C(=O)Nc1ncc(Cl)cc1Cl. The number of halogens is 2. The Bertz CT molecular complexity index is 896. The first kappa shape index (κ1) is 20.6. The van der Waals surface area contributed by atoms with Crippen LogP contribution in [0.5, 0.6) is 11.5 Å². The van der Waals surface area contributed by atoms with E-state index >= 15 is 0 Å². The fourth-order valence-electron chi connectivity index (χ4n) is 2.27. The molecule has 0 radical (unpaired) electrons. The zero-order valence-electron chi connectivity index (χ0n) is 14.7. The maximum absolute atomic E-state index is 12.2. The lowest BCUT2D eigenvalue weighted by atomic mass is 10.3. The molecule has 28 heavy (non-hydrogen) atoms. The number of amides is 1. The molecule has 1 unspecified atom stereocenters. The summed E-state index contributed by atoms with van der Waals surface area (Å²) in [7, 11) is 0. The number of fused-ring (bicyclic) bond motifs is 1. The zero-order valence-corrected chi connectivity index (χ0v) is 17.1. The minimum absolute atomic E-state index is 0.0389. The van der Waals surface area contributed by atoms with Crippen molar-refractivity contribution in [1.82, 2.24) is 4.98 Å². The van der Waals surface area contributed by atoms with E-state index in [1.54, 1.807) is 12.1 Å². The first-order valence-electron chi connectivity index (χ1n) is 8.26. The summed E-state index contributed by atoms with van der Waals surface area (Å²) in [6.07, 6.45) is 0.339. The maximum atomic E-state index is 12.2. The highest BCUT2D eigenvalue weighted by molar-refractivity contribution is 8.00. The van der Waals surface area contributed by atoms with Gasteiger partial charge in [-0.1, -0.05) is 23.2 Å². The number of pyridine rings is 1. The molecule has 1 aromatic carbocycles. The van der Waals surface area contributed by atoms with Crippen molar-refractivity contribution in [3.8, 4) is 11.5 Å². The summed E-state index contributed by atoms with van der Waals surface area (Å²) < 4.78 is 16.1. The van der Waals surface area contributed by atoms with Gasteiger partial charge in [-0.15, -0.1) is 11.8 Å². The molecular formula is C18H16Cl2N2O5S. The Hall–Kier alpha value is -2.16. The van der Waals surface area contributed by atoms with Crippen LogP contribution < -0.4 is 14.8 Å². The van der Waals surface area contributed by atoms with Gasteiger partial charge in [-0.3, -0.25) is 9.59 Å². The van der Waals surface area contributed by atoms with Crippen LogP contribution in [0.2, 0.25) is 10.0 Å². The molecule has 0 bridgehead atoms. The van der Waals surface area contributed by atoms with E-state index in [1.165, 1.54) is 30.9 Å². The van der Waals surface area contributed by atoms with Gasteiger partial charge in [0.1, 0.15) is 13.2 Å². The number of nitrogens with one attached hydrogen (secondary N) is 1. The third-order valence-corrected chi connectivity index (χ3v) is 5.06. The molecular weight excluding hydrogens is 427 g/mol. The largest absolute Gasteiger partial charge is 0.486 e. The second kappa shape index (κ2) is 9.36. The van der Waals surface area contributed by atoms with Crippen molar-refractivity contribution in [2.24, 2.45) is 0 Å². The minimum Gasteiger partial charge on any atom is -0.486 e. The highest BCUT2D eigenvalue weighted by Crippen LogP contribution is 2.34. The molecule has 1 atom stereocenters. The number of hydrogen-bond acceptors (Lipinski definition) is 7. The van der Waals surface area contributed by atoms with Gasteiger partial charge in [-0.25, -0.2) is 4.98 Å². The molecule has 10 heteroatoms. The summed E-state index contributed by atoms with van der Waals surface area (Å²) in [5.74, 6) is 0.427. The van der Waals surface area contributed by atoms with E-state index < -0.39 is 18.0 Å². The fraction of sp³-hybridized carbons (Fsp3) is 0.278. The number of aromatic nitrogens is 1. The third kappa shape index (κ3) is 5.43. The van der Waals surface area contributed by atoms with Crippen LogP contribution >= 0.6 is 35.0 Å². The van der Waals surface area contributed by atoms with Crippen LogP contribution in [0, 0.1) is 0 Å². The van der Waals surface area contributed by atoms with Crippen LogP contribution in [-0.4, -0.2) is 41.9 Å². The highest BCUT2D eigenvalue weighted by Gasteiger charge is 2.20. The summed E-state index contributed by atoms with van der Waals surface area (Å²) >= 11 is 13.0. The Morgan fingerprint density at radius 1 is 1.25 bits per heavy atom. The van der Waals surface area contributed by atoms with Gasteiger partial charge in [0.15, 0.2) is 23.4 Å². The molecule has 1 aliphatic heterocycles. The average Bonchev–Trinajstić information content (AvgIpc) is 2.68. The first-order valence-corrected chi connectivity index (χ1v) is 10.0. The van der Waals surface area contributed by atoms with E-state index in [4.69, 9.17) is 37.4 Å². The molecule has 0 aliphatic carbocycles. The Morgan fingerprint density at radius 3 is 2.75 bits per heavy atom. The van der Waals surface area contributed by atoms with Gasteiger partial charge in [0.05, 0.1) is 15.8 Å². The summed E-state index contributed by atoms with van der Waals surface area (Å²) in [5.41, 5.74) is 0. The lowest BCUT2D eigenvalue weighted by Gasteiger charge is -2.18. The normalized spacial score (nSPS) is 13.5. The number of carbonyl (C=O) groups excluding carboxylic acids is 2. The number of esters is 1. The molecule has 7 nitrogen and oxygen atoms in total. The molecule has 1 amide bonds. The molecule has 1 aliphatic rings. The van der Waals surface area contributed by atoms with Crippen molar-refractivity contribution < 1.29 is 23.8 Å². The molecule has 1 N–H and O–H groups in total. The van der Waals surface area contributed by atoms with E-state index in [-0.39, 0.29) is 16.6 Å². The van der Waals surface area contributed by atoms with Gasteiger partial charge in [0.25, 0.3) is 5.91 Å². The van der Waals surface area contributed by atoms with E-state index in [0.717, 1.165) is 4.90 Å². The van der Waals surface area contributed by atoms with Crippen LogP contribution in [0.25, 0.3) is 0 Å². The lowest BCUT2D eigenvalue weighted by Crippen LogP contribution is -2.30. The quantitative estimate of drug-likeness (QED) is 0.537. The van der Waals surface area contributed by atoms with Gasteiger partial charge in [-0.05, 0) is 31.2 Å². The van der Waals surface area contributed by atoms with Crippen molar-refractivity contribution in [2.45, 2.75) is 17.9 Å². The predicted octanol–water partition coefficient (Wildman–Crippen LogP) is 3.82. The Kier molecular flexibility index (Phi) is 6.88.